The number of aromatic nitrogens is 2. The number of benzene rings is 1. The number of nitrogens with one attached hydrogen (secondary N) is 1. The summed E-state index contributed by atoms with van der Waals surface area (Å²) in [5.41, 5.74) is 3.16. The maximum Gasteiger partial charge on any atom is 0.230 e. The summed E-state index contributed by atoms with van der Waals surface area (Å²) in [5, 5.41) is 4.09. The zero-order valence-electron chi connectivity index (χ0n) is 19.3. The van der Waals surface area contributed by atoms with Gasteiger partial charge in [0.2, 0.25) is 5.91 Å². The van der Waals surface area contributed by atoms with Crippen LogP contribution in [0.3, 0.4) is 0 Å². The molecular formula is C24H33N3O4S. The fourth-order valence-electron chi connectivity index (χ4n) is 4.17. The smallest absolute Gasteiger partial charge is 0.230 e. The number of aryl methyl sites for hydroxylation is 1. The Morgan fingerprint density at radius 1 is 1.22 bits per heavy atom. The van der Waals surface area contributed by atoms with Crippen LogP contribution in [0.15, 0.2) is 23.4 Å². The molecule has 7 nitrogen and oxygen atoms in total. The molecule has 1 saturated heterocycles. The molecule has 0 spiro atoms. The van der Waals surface area contributed by atoms with E-state index in [2.05, 4.69) is 30.7 Å². The van der Waals surface area contributed by atoms with Crippen molar-refractivity contribution in [2.24, 2.45) is 5.92 Å². The normalized spacial score (nSPS) is 18.7. The molecule has 2 aliphatic heterocycles. The number of hydrogen-bond acceptors (Lipinski definition) is 6. The number of imidazole rings is 1. The monoisotopic (exact) mass is 459 g/mol. The maximum absolute atomic E-state index is 12.9. The molecule has 1 fully saturated rings. The zero-order valence-corrected chi connectivity index (χ0v) is 20.2. The lowest BCUT2D eigenvalue weighted by atomic mass is 9.95. The lowest BCUT2D eigenvalue weighted by molar-refractivity contribution is -0.119. The molecule has 1 amide bonds. The number of nitrogens with zero attached hydrogens (tertiary/aromatic N) is 2. The number of rotatable bonds is 8. The van der Waals surface area contributed by atoms with Crippen molar-refractivity contribution in [1.29, 1.82) is 0 Å². The van der Waals surface area contributed by atoms with Crippen molar-refractivity contribution in [1.82, 2.24) is 14.9 Å². The van der Waals surface area contributed by atoms with E-state index in [0.717, 1.165) is 59.6 Å². The van der Waals surface area contributed by atoms with Gasteiger partial charge in [-0.2, -0.15) is 0 Å². The Bertz CT molecular complexity index is 953. The molecule has 0 unspecified atom stereocenters. The molecule has 0 saturated carbocycles. The SMILES string of the molecule is Cc1nc(SCC(=O)N[C@@H](c2ccc3c(c2)OCCO3)C(C)C)n(C[C@H]2CCCO2)c1C. The maximum atomic E-state index is 12.9. The Kier molecular flexibility index (Phi) is 7.30. The fourth-order valence-corrected chi connectivity index (χ4v) is 5.09. The first-order chi connectivity index (χ1) is 15.4. The van der Waals surface area contributed by atoms with Crippen molar-refractivity contribution in [3.63, 3.8) is 0 Å². The Balaban J connectivity index is 1.41. The van der Waals surface area contributed by atoms with Crippen molar-refractivity contribution in [2.45, 2.75) is 64.4 Å². The number of amides is 1. The highest BCUT2D eigenvalue weighted by Gasteiger charge is 2.23. The van der Waals surface area contributed by atoms with Gasteiger partial charge in [0, 0.05) is 12.3 Å². The Hall–Kier alpha value is -2.19. The summed E-state index contributed by atoms with van der Waals surface area (Å²) in [7, 11) is 0. The molecule has 4 rings (SSSR count). The van der Waals surface area contributed by atoms with Crippen LogP contribution in [0.2, 0.25) is 0 Å². The van der Waals surface area contributed by atoms with E-state index in [9.17, 15) is 4.79 Å². The molecule has 3 heterocycles. The summed E-state index contributed by atoms with van der Waals surface area (Å²) in [5.74, 6) is 2.04. The molecule has 0 aliphatic carbocycles. The molecule has 174 valence electrons. The van der Waals surface area contributed by atoms with Gasteiger partial charge in [-0.25, -0.2) is 4.98 Å². The van der Waals surface area contributed by atoms with Crippen molar-refractivity contribution >= 4 is 17.7 Å². The molecule has 2 atom stereocenters. The average Bonchev–Trinajstić information content (AvgIpc) is 3.39. The zero-order chi connectivity index (χ0) is 22.7. The standard InChI is InChI=1S/C24H33N3O4S/c1-15(2)23(18-7-8-20-21(12-18)31-11-10-30-20)26-22(28)14-32-24-25-16(3)17(4)27(24)13-19-6-5-9-29-19/h7-8,12,15,19,23H,5-6,9-11,13-14H2,1-4H3,(H,26,28)/t19-,23-/m1/s1. The highest BCUT2D eigenvalue weighted by atomic mass is 32.2. The minimum absolute atomic E-state index is 0.00874. The van der Waals surface area contributed by atoms with Crippen molar-refractivity contribution in [3.8, 4) is 11.5 Å². The Morgan fingerprint density at radius 2 is 2.00 bits per heavy atom. The van der Waals surface area contributed by atoms with Crippen molar-refractivity contribution in [2.75, 3.05) is 25.6 Å². The van der Waals surface area contributed by atoms with Gasteiger partial charge < -0.3 is 24.1 Å². The molecule has 0 radical (unpaired) electrons. The van der Waals surface area contributed by atoms with E-state index < -0.39 is 0 Å². The summed E-state index contributed by atoms with van der Waals surface area (Å²) >= 11 is 1.48. The van der Waals surface area contributed by atoms with Crippen molar-refractivity contribution < 1.29 is 19.0 Å². The van der Waals surface area contributed by atoms with E-state index in [4.69, 9.17) is 19.2 Å². The lowest BCUT2D eigenvalue weighted by Crippen LogP contribution is -2.33. The number of fused-ring (bicyclic) bond motifs is 1. The van der Waals surface area contributed by atoms with Crippen molar-refractivity contribution in [3.05, 3.63) is 35.2 Å². The Labute approximate surface area is 194 Å². The van der Waals surface area contributed by atoms with Crippen LogP contribution in [-0.2, 0) is 16.1 Å². The lowest BCUT2D eigenvalue weighted by Gasteiger charge is -2.25. The Morgan fingerprint density at radius 3 is 2.72 bits per heavy atom. The highest BCUT2D eigenvalue weighted by molar-refractivity contribution is 7.99. The van der Waals surface area contributed by atoms with Gasteiger partial charge in [0.15, 0.2) is 16.7 Å². The summed E-state index contributed by atoms with van der Waals surface area (Å²) < 4.78 is 19.4. The van der Waals surface area contributed by atoms with Crippen LogP contribution in [0.5, 0.6) is 11.5 Å². The van der Waals surface area contributed by atoms with Crippen LogP contribution >= 0.6 is 11.8 Å². The topological polar surface area (TPSA) is 74.6 Å². The summed E-state index contributed by atoms with van der Waals surface area (Å²) in [6.45, 7) is 11.0. The van der Waals surface area contributed by atoms with E-state index in [1.54, 1.807) is 0 Å². The first-order valence-corrected chi connectivity index (χ1v) is 12.4. The minimum Gasteiger partial charge on any atom is -0.486 e. The number of hydrogen-bond donors (Lipinski definition) is 1. The molecule has 8 heteroatoms. The largest absolute Gasteiger partial charge is 0.486 e. The van der Waals surface area contributed by atoms with Gasteiger partial charge in [0.05, 0.1) is 30.1 Å². The predicted molar refractivity (Wildman–Crippen MR) is 125 cm³/mol. The van der Waals surface area contributed by atoms with Crippen LogP contribution in [0, 0.1) is 19.8 Å². The highest BCUT2D eigenvalue weighted by Crippen LogP contribution is 2.34. The molecule has 1 N–H and O–H groups in total. The summed E-state index contributed by atoms with van der Waals surface area (Å²) in [6.07, 6.45) is 2.42. The molecule has 2 aromatic rings. The summed E-state index contributed by atoms with van der Waals surface area (Å²) in [6, 6.07) is 5.81. The number of thioether (sulfide) groups is 1. The number of carbonyl (C=O) groups excluding carboxylic acids is 1. The first-order valence-electron chi connectivity index (χ1n) is 11.4. The van der Waals surface area contributed by atoms with E-state index in [1.165, 1.54) is 11.8 Å². The van der Waals surface area contributed by atoms with Crippen LogP contribution in [0.25, 0.3) is 0 Å². The van der Waals surface area contributed by atoms with Gasteiger partial charge in [0.25, 0.3) is 0 Å². The second-order valence-corrected chi connectivity index (χ2v) is 9.73. The fraction of sp³-hybridized carbons (Fsp3) is 0.583. The number of carbonyl (C=O) groups is 1. The van der Waals surface area contributed by atoms with Gasteiger partial charge in [-0.3, -0.25) is 4.79 Å². The van der Waals surface area contributed by atoms with E-state index in [1.807, 2.05) is 25.1 Å². The van der Waals surface area contributed by atoms with Crippen LogP contribution < -0.4 is 14.8 Å². The van der Waals surface area contributed by atoms with Gasteiger partial charge in [-0.05, 0) is 50.3 Å². The molecule has 32 heavy (non-hydrogen) atoms. The third-order valence-electron chi connectivity index (χ3n) is 6.07. The minimum atomic E-state index is -0.103. The quantitative estimate of drug-likeness (QED) is 0.600. The van der Waals surface area contributed by atoms with E-state index >= 15 is 0 Å². The molecule has 1 aromatic heterocycles. The van der Waals surface area contributed by atoms with E-state index in [-0.39, 0.29) is 24.0 Å². The first kappa shape index (κ1) is 23.0. The molecule has 1 aromatic carbocycles. The van der Waals surface area contributed by atoms with Crippen LogP contribution in [0.1, 0.15) is 49.7 Å². The van der Waals surface area contributed by atoms with Gasteiger partial charge in [-0.15, -0.1) is 0 Å². The van der Waals surface area contributed by atoms with Gasteiger partial charge in [-0.1, -0.05) is 31.7 Å². The second-order valence-electron chi connectivity index (χ2n) is 8.79. The van der Waals surface area contributed by atoms with Gasteiger partial charge in [0.1, 0.15) is 13.2 Å². The van der Waals surface area contributed by atoms with Crippen LogP contribution in [0.4, 0.5) is 0 Å². The predicted octanol–water partition coefficient (Wildman–Crippen LogP) is 4.06. The molecular weight excluding hydrogens is 426 g/mol. The van der Waals surface area contributed by atoms with Crippen LogP contribution in [-0.4, -0.2) is 47.1 Å². The molecule has 2 aliphatic rings. The number of ether oxygens (including phenoxy) is 3. The van der Waals surface area contributed by atoms with Gasteiger partial charge >= 0.3 is 0 Å². The molecule has 0 bridgehead atoms. The third-order valence-corrected chi connectivity index (χ3v) is 7.05. The second kappa shape index (κ2) is 10.2. The summed E-state index contributed by atoms with van der Waals surface area (Å²) in [4.78, 5) is 17.6. The van der Waals surface area contributed by atoms with E-state index in [0.29, 0.717) is 19.0 Å². The third kappa shape index (κ3) is 5.23. The average molecular weight is 460 g/mol.